The first-order valence-corrected chi connectivity index (χ1v) is 9.46. The second-order valence-electron chi connectivity index (χ2n) is 7.74. The molecule has 2 N–H and O–H groups in total. The molecule has 0 aliphatic heterocycles. The zero-order chi connectivity index (χ0) is 20.7. The molecular formula is C21H33IN6O. The minimum Gasteiger partial charge on any atom is -0.488 e. The third-order valence-corrected chi connectivity index (χ3v) is 4.06. The van der Waals surface area contributed by atoms with Crippen molar-refractivity contribution >= 4 is 29.9 Å². The lowest BCUT2D eigenvalue weighted by molar-refractivity contribution is 0.129. The lowest BCUT2D eigenvalue weighted by Crippen LogP contribution is -2.37. The molecule has 8 heteroatoms. The Labute approximate surface area is 191 Å². The van der Waals surface area contributed by atoms with Crippen molar-refractivity contribution in [2.45, 2.75) is 53.3 Å². The summed E-state index contributed by atoms with van der Waals surface area (Å²) in [7, 11) is 1.95. The number of nitrogens with one attached hydrogen (secondary N) is 2. The van der Waals surface area contributed by atoms with Gasteiger partial charge in [-0.25, -0.2) is 4.99 Å². The van der Waals surface area contributed by atoms with Crippen molar-refractivity contribution in [3.63, 3.8) is 0 Å². The van der Waals surface area contributed by atoms with Gasteiger partial charge in [0.2, 0.25) is 0 Å². The predicted molar refractivity (Wildman–Crippen MR) is 129 cm³/mol. The number of ether oxygens (including phenoxy) is 1. The van der Waals surface area contributed by atoms with Crippen molar-refractivity contribution in [1.82, 2.24) is 25.4 Å². The Kier molecular flexibility index (Phi) is 9.61. The van der Waals surface area contributed by atoms with Gasteiger partial charge in [0.1, 0.15) is 17.2 Å². The Morgan fingerprint density at radius 3 is 2.55 bits per heavy atom. The Morgan fingerprint density at radius 2 is 1.97 bits per heavy atom. The van der Waals surface area contributed by atoms with Crippen LogP contribution >= 0.6 is 24.0 Å². The van der Waals surface area contributed by atoms with Gasteiger partial charge in [0, 0.05) is 19.2 Å². The van der Waals surface area contributed by atoms with Gasteiger partial charge >= 0.3 is 0 Å². The monoisotopic (exact) mass is 512 g/mol. The van der Waals surface area contributed by atoms with Gasteiger partial charge in [0.15, 0.2) is 11.8 Å². The summed E-state index contributed by atoms with van der Waals surface area (Å²) >= 11 is 0. The number of aromatic nitrogens is 3. The van der Waals surface area contributed by atoms with Gasteiger partial charge in [-0.2, -0.15) is 0 Å². The van der Waals surface area contributed by atoms with Crippen LogP contribution < -0.4 is 15.4 Å². The van der Waals surface area contributed by atoms with Crippen LogP contribution in [0.4, 0.5) is 0 Å². The van der Waals surface area contributed by atoms with Crippen molar-refractivity contribution < 1.29 is 4.74 Å². The zero-order valence-electron chi connectivity index (χ0n) is 18.2. The summed E-state index contributed by atoms with van der Waals surface area (Å²) in [6, 6.07) is 6.20. The molecule has 1 heterocycles. The number of hydrogen-bond donors (Lipinski definition) is 2. The molecule has 7 nitrogen and oxygen atoms in total. The van der Waals surface area contributed by atoms with Gasteiger partial charge in [-0.1, -0.05) is 18.2 Å². The second kappa shape index (κ2) is 11.2. The van der Waals surface area contributed by atoms with Crippen molar-refractivity contribution in [1.29, 1.82) is 0 Å². The average Bonchev–Trinajstić information content (AvgIpc) is 2.93. The molecule has 0 atom stereocenters. The van der Waals surface area contributed by atoms with E-state index in [-0.39, 0.29) is 29.6 Å². The highest BCUT2D eigenvalue weighted by Crippen LogP contribution is 2.25. The fourth-order valence-electron chi connectivity index (χ4n) is 2.49. The minimum atomic E-state index is -0.266. The maximum atomic E-state index is 6.13. The lowest BCUT2D eigenvalue weighted by atomic mass is 10.1. The maximum absolute atomic E-state index is 6.13. The Bertz CT molecular complexity index is 838. The third-order valence-electron chi connectivity index (χ3n) is 4.06. The van der Waals surface area contributed by atoms with Crippen LogP contribution in [0.3, 0.4) is 0 Å². The van der Waals surface area contributed by atoms with Crippen molar-refractivity contribution in [3.05, 3.63) is 53.6 Å². The van der Waals surface area contributed by atoms with Gasteiger partial charge in [-0.3, -0.25) is 0 Å². The highest BCUT2D eigenvalue weighted by Gasteiger charge is 2.15. The van der Waals surface area contributed by atoms with E-state index in [2.05, 4.69) is 52.5 Å². The first-order chi connectivity index (χ1) is 13.2. The lowest BCUT2D eigenvalue weighted by Gasteiger charge is -2.23. The molecule has 0 fully saturated rings. The van der Waals surface area contributed by atoms with Gasteiger partial charge in [-0.15, -0.1) is 40.8 Å². The fraction of sp³-hybridized carbons (Fsp3) is 0.476. The van der Waals surface area contributed by atoms with Gasteiger partial charge in [0.25, 0.3) is 0 Å². The fourth-order valence-corrected chi connectivity index (χ4v) is 2.49. The molecular weight excluding hydrogens is 479 g/mol. The normalized spacial score (nSPS) is 11.6. The topological polar surface area (TPSA) is 76.4 Å². The largest absolute Gasteiger partial charge is 0.488 e. The molecule has 0 unspecified atom stereocenters. The summed E-state index contributed by atoms with van der Waals surface area (Å²) in [5.74, 6) is 3.27. The number of hydrogen-bond acceptors (Lipinski definition) is 4. The first kappa shape index (κ1) is 24.9. The third kappa shape index (κ3) is 8.04. The smallest absolute Gasteiger partial charge is 0.192 e. The minimum absolute atomic E-state index is 0. The van der Waals surface area contributed by atoms with Crippen LogP contribution in [0.1, 0.15) is 43.5 Å². The van der Waals surface area contributed by atoms with E-state index in [0.717, 1.165) is 28.5 Å². The summed E-state index contributed by atoms with van der Waals surface area (Å²) < 4.78 is 8.08. The summed E-state index contributed by atoms with van der Waals surface area (Å²) in [5, 5.41) is 14.8. The molecule has 0 bridgehead atoms. The van der Waals surface area contributed by atoms with Crippen LogP contribution in [0.15, 0.2) is 35.8 Å². The van der Waals surface area contributed by atoms with E-state index in [4.69, 9.17) is 9.73 Å². The van der Waals surface area contributed by atoms with E-state index >= 15 is 0 Å². The summed E-state index contributed by atoms with van der Waals surface area (Å²) in [6.07, 6.45) is 1.80. The molecule has 2 rings (SSSR count). The summed E-state index contributed by atoms with van der Waals surface area (Å²) in [6.45, 7) is 15.5. The highest BCUT2D eigenvalue weighted by molar-refractivity contribution is 14.0. The number of aliphatic imine (C=N–C) groups is 1. The molecule has 0 amide bonds. The molecule has 0 spiro atoms. The van der Waals surface area contributed by atoms with Crippen molar-refractivity contribution in [2.24, 2.45) is 12.0 Å². The van der Waals surface area contributed by atoms with Crippen LogP contribution in [0, 0.1) is 13.8 Å². The number of rotatable bonds is 7. The quantitative estimate of drug-likeness (QED) is 0.257. The van der Waals surface area contributed by atoms with E-state index < -0.39 is 0 Å². The van der Waals surface area contributed by atoms with Gasteiger partial charge in [0.05, 0.1) is 13.1 Å². The first-order valence-electron chi connectivity index (χ1n) is 9.46. The van der Waals surface area contributed by atoms with E-state index in [9.17, 15) is 0 Å². The Morgan fingerprint density at radius 1 is 1.24 bits per heavy atom. The SMILES string of the molecule is C=CCNC(=NCc1ccc(C)cc1OC(C)(C)C)NCc1nnc(C)n1C.I. The molecule has 29 heavy (non-hydrogen) atoms. The molecule has 0 saturated carbocycles. The molecule has 0 saturated heterocycles. The molecule has 0 aliphatic rings. The van der Waals surface area contributed by atoms with E-state index in [1.165, 1.54) is 0 Å². The van der Waals surface area contributed by atoms with Crippen LogP contribution in [-0.2, 0) is 20.1 Å². The number of halogens is 1. The zero-order valence-corrected chi connectivity index (χ0v) is 20.6. The maximum Gasteiger partial charge on any atom is 0.192 e. The van der Waals surface area contributed by atoms with Crippen LogP contribution in [0.25, 0.3) is 0 Å². The highest BCUT2D eigenvalue weighted by atomic mass is 127. The average molecular weight is 512 g/mol. The molecule has 0 radical (unpaired) electrons. The van der Waals surface area contributed by atoms with Crippen molar-refractivity contribution in [3.8, 4) is 5.75 Å². The number of nitrogens with zero attached hydrogens (tertiary/aromatic N) is 4. The van der Waals surface area contributed by atoms with Gasteiger partial charge < -0.3 is 19.9 Å². The van der Waals surface area contributed by atoms with Gasteiger partial charge in [-0.05, 0) is 46.2 Å². The Hall–Kier alpha value is -2.10. The standard InChI is InChI=1S/C21H32N6O.HI/c1-8-11-22-20(24-14-19-26-25-16(3)27(19)7)23-13-17-10-9-15(2)12-18(17)28-21(4,5)6;/h8-10,12H,1,11,13-14H2,2-7H3,(H2,22,23,24);1H. The second-order valence-corrected chi connectivity index (χ2v) is 7.74. The van der Waals surface area contributed by atoms with E-state index in [1.807, 2.05) is 39.3 Å². The van der Waals surface area contributed by atoms with E-state index in [1.54, 1.807) is 6.08 Å². The van der Waals surface area contributed by atoms with Crippen molar-refractivity contribution in [2.75, 3.05) is 6.54 Å². The molecule has 0 aliphatic carbocycles. The Balaban J connectivity index is 0.00000420. The number of guanidine groups is 1. The number of benzene rings is 1. The van der Waals surface area contributed by atoms with Crippen LogP contribution in [-0.4, -0.2) is 32.9 Å². The number of aryl methyl sites for hydroxylation is 2. The molecule has 2 aromatic rings. The molecule has 1 aromatic heterocycles. The van der Waals surface area contributed by atoms with E-state index in [0.29, 0.717) is 25.6 Å². The van der Waals surface area contributed by atoms with Crippen LogP contribution in [0.5, 0.6) is 5.75 Å². The molecule has 160 valence electrons. The predicted octanol–water partition coefficient (Wildman–Crippen LogP) is 3.65. The summed E-state index contributed by atoms with van der Waals surface area (Å²) in [5.41, 5.74) is 1.93. The summed E-state index contributed by atoms with van der Waals surface area (Å²) in [4.78, 5) is 4.71. The molecule has 1 aromatic carbocycles. The van der Waals surface area contributed by atoms with Crippen LogP contribution in [0.2, 0.25) is 0 Å².